The fraction of sp³-hybridized carbons (Fsp3) is 0.500. The second-order valence-electron chi connectivity index (χ2n) is 4.86. The molecule has 98 valence electrons. The summed E-state index contributed by atoms with van der Waals surface area (Å²) in [5, 5.41) is 9.24. The van der Waals surface area contributed by atoms with Crippen molar-refractivity contribution in [3.8, 4) is 0 Å². The molecule has 0 spiro atoms. The van der Waals surface area contributed by atoms with E-state index in [0.717, 1.165) is 25.3 Å². The van der Waals surface area contributed by atoms with Gasteiger partial charge in [0.1, 0.15) is 11.6 Å². The highest BCUT2D eigenvalue weighted by atomic mass is 19.1. The Morgan fingerprint density at radius 3 is 2.56 bits per heavy atom. The molecule has 0 radical (unpaired) electrons. The Bertz CT molecular complexity index is 445. The van der Waals surface area contributed by atoms with E-state index < -0.39 is 23.5 Å². The molecule has 1 fully saturated rings. The summed E-state index contributed by atoms with van der Waals surface area (Å²) < 4.78 is 26.7. The number of benzene rings is 1. The predicted octanol–water partition coefficient (Wildman–Crippen LogP) is 3.71. The van der Waals surface area contributed by atoms with Crippen molar-refractivity contribution in [1.29, 1.82) is 0 Å². The van der Waals surface area contributed by atoms with Crippen LogP contribution in [0.1, 0.15) is 43.6 Å². The van der Waals surface area contributed by atoms with Crippen LogP contribution in [0, 0.1) is 17.6 Å². The van der Waals surface area contributed by atoms with Gasteiger partial charge >= 0.3 is 5.97 Å². The summed E-state index contributed by atoms with van der Waals surface area (Å²) in [6.07, 6.45) is 3.95. The SMILES string of the molecule is O=C(O)C1CCCCCC1c1ccc(F)cc1F. The molecule has 1 aromatic rings. The maximum absolute atomic E-state index is 13.8. The number of rotatable bonds is 2. The lowest BCUT2D eigenvalue weighted by molar-refractivity contribution is -0.142. The highest BCUT2D eigenvalue weighted by Gasteiger charge is 2.32. The fourth-order valence-electron chi connectivity index (χ4n) is 2.78. The molecule has 2 atom stereocenters. The molecule has 1 aliphatic rings. The first-order chi connectivity index (χ1) is 8.59. The van der Waals surface area contributed by atoms with Crippen LogP contribution < -0.4 is 0 Å². The van der Waals surface area contributed by atoms with Crippen LogP contribution in [-0.4, -0.2) is 11.1 Å². The summed E-state index contributed by atoms with van der Waals surface area (Å²) in [5.74, 6) is -3.05. The molecule has 0 bridgehead atoms. The standard InChI is InChI=1S/C14H16F2O2/c15-9-6-7-11(13(16)8-9)10-4-2-1-3-5-12(10)14(17)18/h6-8,10,12H,1-5H2,(H,17,18). The first-order valence-electron chi connectivity index (χ1n) is 6.27. The van der Waals surface area contributed by atoms with Gasteiger partial charge in [0.2, 0.25) is 0 Å². The third-order valence-corrected chi connectivity index (χ3v) is 3.70. The zero-order valence-corrected chi connectivity index (χ0v) is 10.0. The van der Waals surface area contributed by atoms with E-state index in [-0.39, 0.29) is 5.92 Å². The number of hydrogen-bond acceptors (Lipinski definition) is 1. The summed E-state index contributed by atoms with van der Waals surface area (Å²) >= 11 is 0. The molecule has 0 amide bonds. The minimum Gasteiger partial charge on any atom is -0.481 e. The third-order valence-electron chi connectivity index (χ3n) is 3.70. The normalized spacial score (nSPS) is 24.6. The van der Waals surface area contributed by atoms with Gasteiger partial charge in [-0.2, -0.15) is 0 Å². The predicted molar refractivity (Wildman–Crippen MR) is 63.3 cm³/mol. The van der Waals surface area contributed by atoms with E-state index >= 15 is 0 Å². The lowest BCUT2D eigenvalue weighted by Gasteiger charge is -2.22. The van der Waals surface area contributed by atoms with Crippen LogP contribution in [0.3, 0.4) is 0 Å². The van der Waals surface area contributed by atoms with Gasteiger partial charge in [-0.1, -0.05) is 25.3 Å². The molecule has 2 rings (SSSR count). The van der Waals surface area contributed by atoms with E-state index in [2.05, 4.69) is 0 Å². The van der Waals surface area contributed by atoms with Gasteiger partial charge in [-0.05, 0) is 24.5 Å². The van der Waals surface area contributed by atoms with E-state index in [4.69, 9.17) is 0 Å². The first-order valence-corrected chi connectivity index (χ1v) is 6.27. The van der Waals surface area contributed by atoms with Crippen LogP contribution in [0.15, 0.2) is 18.2 Å². The van der Waals surface area contributed by atoms with Crippen LogP contribution in [-0.2, 0) is 4.79 Å². The molecule has 0 aliphatic heterocycles. The summed E-state index contributed by atoms with van der Waals surface area (Å²) in [4.78, 5) is 11.3. The van der Waals surface area contributed by atoms with Gasteiger partial charge < -0.3 is 5.11 Å². The van der Waals surface area contributed by atoms with E-state index in [0.29, 0.717) is 18.4 Å². The highest BCUT2D eigenvalue weighted by molar-refractivity contribution is 5.71. The van der Waals surface area contributed by atoms with Crippen LogP contribution in [0.25, 0.3) is 0 Å². The average molecular weight is 254 g/mol. The maximum Gasteiger partial charge on any atom is 0.307 e. The van der Waals surface area contributed by atoms with Gasteiger partial charge in [-0.3, -0.25) is 4.79 Å². The van der Waals surface area contributed by atoms with Crippen molar-refractivity contribution in [3.05, 3.63) is 35.4 Å². The minimum absolute atomic E-state index is 0.339. The highest BCUT2D eigenvalue weighted by Crippen LogP contribution is 2.37. The summed E-state index contributed by atoms with van der Waals surface area (Å²) in [5.41, 5.74) is 0.339. The Morgan fingerprint density at radius 1 is 1.17 bits per heavy atom. The molecule has 1 saturated carbocycles. The van der Waals surface area contributed by atoms with Gasteiger partial charge in [0.05, 0.1) is 5.92 Å². The molecule has 2 nitrogen and oxygen atoms in total. The van der Waals surface area contributed by atoms with Gasteiger partial charge in [0, 0.05) is 12.0 Å². The van der Waals surface area contributed by atoms with Crippen LogP contribution in [0.2, 0.25) is 0 Å². The van der Waals surface area contributed by atoms with Crippen LogP contribution in [0.4, 0.5) is 8.78 Å². The van der Waals surface area contributed by atoms with Gasteiger partial charge in [0.15, 0.2) is 0 Å². The Morgan fingerprint density at radius 2 is 1.89 bits per heavy atom. The largest absolute Gasteiger partial charge is 0.481 e. The monoisotopic (exact) mass is 254 g/mol. The number of carbonyl (C=O) groups is 1. The van der Waals surface area contributed by atoms with Gasteiger partial charge in [-0.15, -0.1) is 0 Å². The molecule has 4 heteroatoms. The molecule has 2 unspecified atom stereocenters. The smallest absolute Gasteiger partial charge is 0.307 e. The summed E-state index contributed by atoms with van der Waals surface area (Å²) in [6, 6.07) is 3.41. The molecular formula is C14H16F2O2. The van der Waals surface area contributed by atoms with E-state index in [1.54, 1.807) is 0 Å². The minimum atomic E-state index is -0.884. The van der Waals surface area contributed by atoms with Crippen LogP contribution >= 0.6 is 0 Å². The Balaban J connectivity index is 2.34. The van der Waals surface area contributed by atoms with E-state index in [9.17, 15) is 18.7 Å². The lowest BCUT2D eigenvalue weighted by atomic mass is 9.82. The van der Waals surface area contributed by atoms with E-state index in [1.807, 2.05) is 0 Å². The van der Waals surface area contributed by atoms with Crippen molar-refractivity contribution < 1.29 is 18.7 Å². The fourth-order valence-corrected chi connectivity index (χ4v) is 2.78. The van der Waals surface area contributed by atoms with Gasteiger partial charge in [-0.25, -0.2) is 8.78 Å². The Hall–Kier alpha value is -1.45. The molecule has 1 aromatic carbocycles. The number of hydrogen-bond donors (Lipinski definition) is 1. The zero-order chi connectivity index (χ0) is 13.1. The van der Waals surface area contributed by atoms with Crippen molar-refractivity contribution >= 4 is 5.97 Å². The van der Waals surface area contributed by atoms with Crippen molar-refractivity contribution in [2.24, 2.45) is 5.92 Å². The quantitative estimate of drug-likeness (QED) is 0.817. The molecule has 18 heavy (non-hydrogen) atoms. The first kappa shape index (κ1) is 13.0. The summed E-state index contributed by atoms with van der Waals surface area (Å²) in [7, 11) is 0. The summed E-state index contributed by atoms with van der Waals surface area (Å²) in [6.45, 7) is 0. The maximum atomic E-state index is 13.8. The van der Waals surface area contributed by atoms with Crippen molar-refractivity contribution in [2.75, 3.05) is 0 Å². The second-order valence-corrected chi connectivity index (χ2v) is 4.86. The topological polar surface area (TPSA) is 37.3 Å². The van der Waals surface area contributed by atoms with Gasteiger partial charge in [0.25, 0.3) is 0 Å². The zero-order valence-electron chi connectivity index (χ0n) is 10.0. The van der Waals surface area contributed by atoms with Crippen molar-refractivity contribution in [3.63, 3.8) is 0 Å². The molecule has 0 aromatic heterocycles. The van der Waals surface area contributed by atoms with Crippen molar-refractivity contribution in [1.82, 2.24) is 0 Å². The Labute approximate surface area is 105 Å². The average Bonchev–Trinajstić information content (AvgIpc) is 2.54. The van der Waals surface area contributed by atoms with Crippen molar-refractivity contribution in [2.45, 2.75) is 38.0 Å². The van der Waals surface area contributed by atoms with Crippen LogP contribution in [0.5, 0.6) is 0 Å². The third kappa shape index (κ3) is 2.68. The number of carboxylic acid groups (broad SMARTS) is 1. The van der Waals surface area contributed by atoms with E-state index in [1.165, 1.54) is 12.1 Å². The Kier molecular flexibility index (Phi) is 3.94. The lowest BCUT2D eigenvalue weighted by Crippen LogP contribution is -2.22. The number of aliphatic carboxylic acids is 1. The number of carboxylic acids is 1. The molecule has 0 heterocycles. The number of halogens is 2. The molecule has 1 aliphatic carbocycles. The second kappa shape index (κ2) is 5.46. The molecule has 1 N–H and O–H groups in total. The molecular weight excluding hydrogens is 238 g/mol. The molecule has 0 saturated heterocycles.